The van der Waals surface area contributed by atoms with Crippen LogP contribution in [0.15, 0.2) is 24.4 Å². The molecule has 1 fully saturated rings. The second kappa shape index (κ2) is 5.33. The van der Waals surface area contributed by atoms with Gasteiger partial charge in [-0.15, -0.1) is 0 Å². The van der Waals surface area contributed by atoms with E-state index in [0.717, 1.165) is 16.0 Å². The summed E-state index contributed by atoms with van der Waals surface area (Å²) >= 11 is 0. The lowest BCUT2D eigenvalue weighted by atomic mass is 10.3. The summed E-state index contributed by atoms with van der Waals surface area (Å²) in [5.74, 6) is 0.762. The molecular weight excluding hydrogens is 261 g/mol. The fraction of sp³-hybridized carbons (Fsp3) is 0.455. The second-order valence-electron chi connectivity index (χ2n) is 4.09. The van der Waals surface area contributed by atoms with Gasteiger partial charge in [0.25, 0.3) is 0 Å². The number of anilines is 1. The lowest BCUT2D eigenvalue weighted by Crippen LogP contribution is -2.54. The number of urea groups is 1. The van der Waals surface area contributed by atoms with Gasteiger partial charge in [0.1, 0.15) is 5.82 Å². The average Bonchev–Trinajstić information content (AvgIpc) is 2.38. The van der Waals surface area contributed by atoms with Gasteiger partial charge in [0.15, 0.2) is 0 Å². The zero-order valence-electron chi connectivity index (χ0n) is 10.0. The number of alkyl halides is 3. The highest BCUT2D eigenvalue weighted by Crippen LogP contribution is 2.14. The van der Waals surface area contributed by atoms with E-state index in [1.54, 1.807) is 12.3 Å². The lowest BCUT2D eigenvalue weighted by molar-refractivity contribution is -0.147. The normalized spacial score (nSPS) is 16.4. The van der Waals surface area contributed by atoms with Crippen LogP contribution in [0.3, 0.4) is 0 Å². The van der Waals surface area contributed by atoms with Crippen molar-refractivity contribution < 1.29 is 18.0 Å². The standard InChI is InChI=1S/C11H13F3N4O/c12-11(13,14)16-10(19)18-7-5-17(6-8-18)9-3-1-2-4-15-9/h1-4H,5-8H2,(H,16,19). The molecular formula is C11H13F3N4O. The van der Waals surface area contributed by atoms with Crippen LogP contribution in [0, 0.1) is 0 Å². The van der Waals surface area contributed by atoms with E-state index < -0.39 is 12.3 Å². The van der Waals surface area contributed by atoms with Crippen molar-refractivity contribution >= 4 is 11.8 Å². The summed E-state index contributed by atoms with van der Waals surface area (Å²) in [4.78, 5) is 18.5. The fourth-order valence-electron chi connectivity index (χ4n) is 1.88. The number of pyridine rings is 1. The molecule has 0 spiro atoms. The van der Waals surface area contributed by atoms with E-state index in [9.17, 15) is 18.0 Å². The summed E-state index contributed by atoms with van der Waals surface area (Å²) in [7, 11) is 0. The van der Waals surface area contributed by atoms with Gasteiger partial charge in [0, 0.05) is 32.4 Å². The molecule has 8 heteroatoms. The average molecular weight is 274 g/mol. The van der Waals surface area contributed by atoms with Crippen molar-refractivity contribution in [2.24, 2.45) is 0 Å². The predicted octanol–water partition coefficient (Wildman–Crippen LogP) is 1.43. The molecule has 1 N–H and O–H groups in total. The number of nitrogens with one attached hydrogen (secondary N) is 1. The van der Waals surface area contributed by atoms with E-state index in [-0.39, 0.29) is 13.1 Å². The molecule has 0 bridgehead atoms. The first-order valence-corrected chi connectivity index (χ1v) is 5.75. The van der Waals surface area contributed by atoms with Gasteiger partial charge in [-0.3, -0.25) is 0 Å². The van der Waals surface area contributed by atoms with Crippen molar-refractivity contribution in [2.75, 3.05) is 31.1 Å². The Morgan fingerprint density at radius 1 is 1.21 bits per heavy atom. The Balaban J connectivity index is 1.88. The van der Waals surface area contributed by atoms with E-state index >= 15 is 0 Å². The molecule has 2 rings (SSSR count). The third-order valence-corrected chi connectivity index (χ3v) is 2.79. The van der Waals surface area contributed by atoms with Gasteiger partial charge >= 0.3 is 12.3 Å². The summed E-state index contributed by atoms with van der Waals surface area (Å²) < 4.78 is 36.1. The summed E-state index contributed by atoms with van der Waals surface area (Å²) in [6.07, 6.45) is -3.03. The van der Waals surface area contributed by atoms with Crippen LogP contribution in [-0.4, -0.2) is 48.4 Å². The molecule has 5 nitrogen and oxygen atoms in total. The van der Waals surface area contributed by atoms with Crippen molar-refractivity contribution in [3.63, 3.8) is 0 Å². The molecule has 0 aromatic carbocycles. The van der Waals surface area contributed by atoms with Crippen LogP contribution in [-0.2, 0) is 0 Å². The smallest absolute Gasteiger partial charge is 0.353 e. The number of hydrogen-bond donors (Lipinski definition) is 1. The number of aromatic nitrogens is 1. The SMILES string of the molecule is O=C(NC(F)(F)F)N1CCN(c2ccccn2)CC1. The molecule has 1 aromatic rings. The van der Waals surface area contributed by atoms with Gasteiger partial charge in [-0.25, -0.2) is 15.1 Å². The van der Waals surface area contributed by atoms with Crippen molar-refractivity contribution in [3.05, 3.63) is 24.4 Å². The molecule has 0 atom stereocenters. The molecule has 2 amide bonds. The predicted molar refractivity (Wildman–Crippen MR) is 62.6 cm³/mol. The third-order valence-electron chi connectivity index (χ3n) is 2.79. The number of carbonyl (C=O) groups excluding carboxylic acids is 1. The highest BCUT2D eigenvalue weighted by molar-refractivity contribution is 5.74. The number of halogens is 3. The van der Waals surface area contributed by atoms with Crippen LogP contribution in [0.5, 0.6) is 0 Å². The molecule has 0 radical (unpaired) electrons. The minimum atomic E-state index is -4.69. The molecule has 104 valence electrons. The van der Waals surface area contributed by atoms with Gasteiger partial charge < -0.3 is 9.80 Å². The van der Waals surface area contributed by atoms with Crippen LogP contribution in [0.1, 0.15) is 0 Å². The Morgan fingerprint density at radius 3 is 2.42 bits per heavy atom. The molecule has 1 aromatic heterocycles. The first-order valence-electron chi connectivity index (χ1n) is 5.75. The Hall–Kier alpha value is -1.99. The first-order chi connectivity index (χ1) is 8.96. The molecule has 2 heterocycles. The van der Waals surface area contributed by atoms with Crippen LogP contribution in [0.25, 0.3) is 0 Å². The summed E-state index contributed by atoms with van der Waals surface area (Å²) in [6, 6.07) is 4.35. The fourth-order valence-corrected chi connectivity index (χ4v) is 1.88. The van der Waals surface area contributed by atoms with Crippen LogP contribution >= 0.6 is 0 Å². The Morgan fingerprint density at radius 2 is 1.89 bits per heavy atom. The zero-order valence-corrected chi connectivity index (χ0v) is 10.0. The minimum Gasteiger partial charge on any atom is -0.353 e. The van der Waals surface area contributed by atoms with Gasteiger partial charge in [0.05, 0.1) is 0 Å². The highest BCUT2D eigenvalue weighted by atomic mass is 19.4. The number of hydrogen-bond acceptors (Lipinski definition) is 3. The van der Waals surface area contributed by atoms with E-state index in [0.29, 0.717) is 13.1 Å². The first kappa shape index (κ1) is 13.4. The minimum absolute atomic E-state index is 0.235. The van der Waals surface area contributed by atoms with Crippen molar-refractivity contribution in [2.45, 2.75) is 6.30 Å². The monoisotopic (exact) mass is 274 g/mol. The maximum atomic E-state index is 12.0. The Bertz CT molecular complexity index is 429. The number of nitrogens with zero attached hydrogens (tertiary/aromatic N) is 3. The Kier molecular flexibility index (Phi) is 3.77. The van der Waals surface area contributed by atoms with Gasteiger partial charge in [0.2, 0.25) is 0 Å². The van der Waals surface area contributed by atoms with E-state index in [1.165, 1.54) is 0 Å². The molecule has 1 aliphatic rings. The maximum absolute atomic E-state index is 12.0. The second-order valence-corrected chi connectivity index (χ2v) is 4.09. The van der Waals surface area contributed by atoms with Gasteiger partial charge in [-0.2, -0.15) is 13.2 Å². The highest BCUT2D eigenvalue weighted by Gasteiger charge is 2.33. The van der Waals surface area contributed by atoms with Crippen molar-refractivity contribution in [1.29, 1.82) is 0 Å². The molecule has 0 aliphatic carbocycles. The van der Waals surface area contributed by atoms with E-state index in [1.807, 2.05) is 17.0 Å². The number of rotatable bonds is 1. The molecule has 1 saturated heterocycles. The lowest BCUT2D eigenvalue weighted by Gasteiger charge is -2.35. The van der Waals surface area contributed by atoms with Crippen molar-refractivity contribution in [1.82, 2.24) is 15.2 Å². The summed E-state index contributed by atoms with van der Waals surface area (Å²) in [5.41, 5.74) is 0. The largest absolute Gasteiger partial charge is 0.485 e. The number of piperazine rings is 1. The number of carbonyl (C=O) groups is 1. The Labute approximate surface area is 108 Å². The van der Waals surface area contributed by atoms with Gasteiger partial charge in [-0.05, 0) is 12.1 Å². The van der Waals surface area contributed by atoms with E-state index in [4.69, 9.17) is 0 Å². The third kappa shape index (κ3) is 3.73. The van der Waals surface area contributed by atoms with Crippen LogP contribution in [0.2, 0.25) is 0 Å². The van der Waals surface area contributed by atoms with E-state index in [2.05, 4.69) is 4.98 Å². The topological polar surface area (TPSA) is 48.5 Å². The molecule has 19 heavy (non-hydrogen) atoms. The maximum Gasteiger partial charge on any atom is 0.485 e. The molecule has 0 unspecified atom stereocenters. The summed E-state index contributed by atoms with van der Waals surface area (Å²) in [6.45, 7) is 1.39. The number of amides is 2. The van der Waals surface area contributed by atoms with Gasteiger partial charge in [-0.1, -0.05) is 6.07 Å². The zero-order chi connectivity index (χ0) is 13.9. The van der Waals surface area contributed by atoms with Crippen molar-refractivity contribution in [3.8, 4) is 0 Å². The van der Waals surface area contributed by atoms with Crippen LogP contribution < -0.4 is 10.2 Å². The van der Waals surface area contributed by atoms with Crippen LogP contribution in [0.4, 0.5) is 23.8 Å². The molecule has 1 aliphatic heterocycles. The molecule has 0 saturated carbocycles. The quantitative estimate of drug-likeness (QED) is 0.788. The summed E-state index contributed by atoms with van der Waals surface area (Å²) in [5, 5.41) is 0.996.